The fraction of sp³-hybridized carbons (Fsp3) is 0.586. The number of hydrogen-bond donors (Lipinski definition) is 0. The fourth-order valence-corrected chi connectivity index (χ4v) is 6.63. The average Bonchev–Trinajstić information content (AvgIpc) is 3.66. The summed E-state index contributed by atoms with van der Waals surface area (Å²) >= 11 is 0. The molecule has 0 radical (unpaired) electrons. The number of hydrogen-bond acceptors (Lipinski definition) is 7. The fourth-order valence-electron chi connectivity index (χ4n) is 6.63. The maximum atomic E-state index is 13.2. The molecule has 1 aromatic carbocycles. The van der Waals surface area contributed by atoms with Crippen LogP contribution in [-0.4, -0.2) is 71.9 Å². The lowest BCUT2D eigenvalue weighted by Crippen LogP contribution is -2.58. The number of fused-ring (bicyclic) bond motifs is 3. The van der Waals surface area contributed by atoms with Crippen LogP contribution in [0.25, 0.3) is 16.9 Å². The number of anilines is 1. The Hall–Kier alpha value is -3.25. The van der Waals surface area contributed by atoms with Gasteiger partial charge in [-0.2, -0.15) is 18.2 Å². The van der Waals surface area contributed by atoms with Gasteiger partial charge < -0.3 is 14.2 Å². The summed E-state index contributed by atoms with van der Waals surface area (Å²) in [6.45, 7) is 13.5. The molecule has 4 atom stereocenters. The van der Waals surface area contributed by atoms with E-state index in [9.17, 15) is 13.2 Å². The zero-order chi connectivity index (χ0) is 29.1. The molecule has 4 aromatic rings. The Labute approximate surface area is 237 Å². The van der Waals surface area contributed by atoms with Crippen LogP contribution >= 0.6 is 0 Å². The van der Waals surface area contributed by atoms with Crippen molar-refractivity contribution in [3.05, 3.63) is 47.5 Å². The van der Waals surface area contributed by atoms with Gasteiger partial charge in [-0.1, -0.05) is 26.0 Å². The number of aryl methyl sites for hydroxylation is 1. The molecule has 9 nitrogen and oxygen atoms in total. The van der Waals surface area contributed by atoms with E-state index < -0.39 is 11.7 Å². The molecule has 5 heterocycles. The summed E-state index contributed by atoms with van der Waals surface area (Å²) in [6, 6.07) is 5.82. The minimum Gasteiger partial charge on any atom is -0.376 e. The predicted octanol–water partition coefficient (Wildman–Crippen LogP) is 5.28. The number of imidazole rings is 1. The maximum Gasteiger partial charge on any atom is 0.416 e. The van der Waals surface area contributed by atoms with Crippen molar-refractivity contribution < 1.29 is 17.9 Å². The lowest BCUT2D eigenvalue weighted by Gasteiger charge is -2.49. The Balaban J connectivity index is 1.33. The van der Waals surface area contributed by atoms with Crippen LogP contribution in [0, 0.1) is 12.8 Å². The van der Waals surface area contributed by atoms with Crippen LogP contribution in [0.3, 0.4) is 0 Å². The lowest BCUT2D eigenvalue weighted by molar-refractivity contribution is -0.137. The number of benzene rings is 1. The van der Waals surface area contributed by atoms with Crippen LogP contribution in [0.5, 0.6) is 0 Å². The summed E-state index contributed by atoms with van der Waals surface area (Å²) in [4.78, 5) is 14.7. The van der Waals surface area contributed by atoms with E-state index in [0.29, 0.717) is 18.9 Å². The normalized spacial score (nSPS) is 23.3. The van der Waals surface area contributed by atoms with E-state index in [2.05, 4.69) is 52.3 Å². The molecule has 220 valence electrons. The van der Waals surface area contributed by atoms with Gasteiger partial charge in [0.2, 0.25) is 0 Å². The largest absolute Gasteiger partial charge is 0.416 e. The first-order chi connectivity index (χ1) is 19.5. The van der Waals surface area contributed by atoms with E-state index >= 15 is 0 Å². The number of alkyl halides is 3. The van der Waals surface area contributed by atoms with E-state index in [1.54, 1.807) is 18.5 Å². The van der Waals surface area contributed by atoms with Crippen molar-refractivity contribution in [1.29, 1.82) is 0 Å². The van der Waals surface area contributed by atoms with Crippen molar-refractivity contribution in [3.63, 3.8) is 0 Å². The second kappa shape index (κ2) is 10.5. The second-order valence-corrected chi connectivity index (χ2v) is 11.9. The first kappa shape index (κ1) is 27.9. The zero-order valence-corrected chi connectivity index (χ0v) is 24.1. The Kier molecular flexibility index (Phi) is 7.17. The van der Waals surface area contributed by atoms with E-state index in [0.717, 1.165) is 54.4 Å². The average molecular weight is 571 g/mol. The molecule has 0 unspecified atom stereocenters. The minimum absolute atomic E-state index is 0.0169. The number of aromatic nitrogens is 6. The van der Waals surface area contributed by atoms with Crippen molar-refractivity contribution >= 4 is 22.8 Å². The summed E-state index contributed by atoms with van der Waals surface area (Å²) in [6.07, 6.45) is -0.430. The van der Waals surface area contributed by atoms with Crippen molar-refractivity contribution in [2.24, 2.45) is 5.92 Å². The molecule has 0 saturated carbocycles. The monoisotopic (exact) mass is 570 g/mol. The summed E-state index contributed by atoms with van der Waals surface area (Å²) in [5, 5.41) is 8.44. The van der Waals surface area contributed by atoms with Crippen LogP contribution < -0.4 is 4.90 Å². The zero-order valence-electron chi connectivity index (χ0n) is 24.1. The van der Waals surface area contributed by atoms with Gasteiger partial charge in [0.1, 0.15) is 17.7 Å². The quantitative estimate of drug-likeness (QED) is 0.312. The summed E-state index contributed by atoms with van der Waals surface area (Å²) in [7, 11) is 0. The molecule has 0 spiro atoms. The molecule has 0 aliphatic carbocycles. The molecule has 3 aromatic heterocycles. The van der Waals surface area contributed by atoms with E-state index in [-0.39, 0.29) is 30.1 Å². The third kappa shape index (κ3) is 5.05. The number of halogens is 3. The highest BCUT2D eigenvalue weighted by molar-refractivity contribution is 5.87. The lowest BCUT2D eigenvalue weighted by atomic mass is 9.90. The topological polar surface area (TPSA) is 76.6 Å². The Bertz CT molecular complexity index is 1520. The number of ether oxygens (including phenoxy) is 1. The third-order valence-corrected chi connectivity index (χ3v) is 8.59. The Morgan fingerprint density at radius 2 is 1.80 bits per heavy atom. The second-order valence-electron chi connectivity index (χ2n) is 11.9. The van der Waals surface area contributed by atoms with Crippen LogP contribution in [-0.2, 0) is 17.5 Å². The molecule has 0 bridgehead atoms. The highest BCUT2D eigenvalue weighted by atomic mass is 19.4. The molecule has 2 aliphatic heterocycles. The van der Waals surface area contributed by atoms with Gasteiger partial charge in [0.05, 0.1) is 18.2 Å². The van der Waals surface area contributed by atoms with Crippen LogP contribution in [0.2, 0.25) is 0 Å². The summed E-state index contributed by atoms with van der Waals surface area (Å²) < 4.78 is 49.7. The highest BCUT2D eigenvalue weighted by Gasteiger charge is 2.38. The summed E-state index contributed by atoms with van der Waals surface area (Å²) in [5.41, 5.74) is 2.00. The molecule has 2 aliphatic rings. The SMILES string of the molecule is Cc1nc2c(N3C[C@@H](C)N([C@@H](c4ccc(C(F)(F)F)cc4)C(C)C)C[C@@H]3C)nc3nncn3c2n1C[C@@H]1CCCO1. The molecular formula is C29H37F3N8O. The highest BCUT2D eigenvalue weighted by Crippen LogP contribution is 2.37. The third-order valence-electron chi connectivity index (χ3n) is 8.59. The Morgan fingerprint density at radius 3 is 2.46 bits per heavy atom. The van der Waals surface area contributed by atoms with Crippen LogP contribution in [0.4, 0.5) is 19.0 Å². The first-order valence-electron chi connectivity index (χ1n) is 14.4. The molecule has 0 amide bonds. The van der Waals surface area contributed by atoms with E-state index in [1.165, 1.54) is 12.1 Å². The van der Waals surface area contributed by atoms with Gasteiger partial charge in [0, 0.05) is 37.8 Å². The molecule has 6 rings (SSSR count). The molecule has 0 N–H and O–H groups in total. The van der Waals surface area contributed by atoms with Gasteiger partial charge in [-0.05, 0) is 57.2 Å². The Morgan fingerprint density at radius 1 is 1.05 bits per heavy atom. The van der Waals surface area contributed by atoms with Crippen molar-refractivity contribution in [2.75, 3.05) is 24.6 Å². The van der Waals surface area contributed by atoms with Gasteiger partial charge in [-0.15, -0.1) is 10.2 Å². The van der Waals surface area contributed by atoms with Gasteiger partial charge in [-0.25, -0.2) is 9.38 Å². The van der Waals surface area contributed by atoms with Crippen LogP contribution in [0.1, 0.15) is 63.5 Å². The number of nitrogens with zero attached hydrogens (tertiary/aromatic N) is 8. The molecule has 41 heavy (non-hydrogen) atoms. The maximum absolute atomic E-state index is 13.2. The minimum atomic E-state index is -4.35. The smallest absolute Gasteiger partial charge is 0.376 e. The van der Waals surface area contributed by atoms with Crippen LogP contribution in [0.15, 0.2) is 30.6 Å². The van der Waals surface area contributed by atoms with Crippen molar-refractivity contribution in [3.8, 4) is 0 Å². The van der Waals surface area contributed by atoms with Gasteiger partial charge in [0.25, 0.3) is 5.78 Å². The summed E-state index contributed by atoms with van der Waals surface area (Å²) in [5.74, 6) is 2.40. The molecule has 2 fully saturated rings. The van der Waals surface area contributed by atoms with E-state index in [4.69, 9.17) is 14.7 Å². The standard InChI is InChI=1S/C29H37F3N8O/c1-17(2)25(21-8-10-22(11-9-21)29(30,31)32)37-13-19(4)38(14-18(37)3)26-24-27(40-16-33-36-28(40)35-26)39(20(5)34-24)15-23-7-6-12-41-23/h8-11,16-19,23,25H,6-7,12-15H2,1-5H3/t18-,19+,23+,25-/m1/s1. The molecular weight excluding hydrogens is 533 g/mol. The van der Waals surface area contributed by atoms with E-state index in [1.807, 2.05) is 11.3 Å². The van der Waals surface area contributed by atoms with Gasteiger partial charge in [-0.3, -0.25) is 4.90 Å². The predicted molar refractivity (Wildman–Crippen MR) is 150 cm³/mol. The molecule has 12 heteroatoms. The van der Waals surface area contributed by atoms with Gasteiger partial charge >= 0.3 is 6.18 Å². The van der Waals surface area contributed by atoms with Crippen molar-refractivity contribution in [1.82, 2.24) is 34.0 Å². The number of piperazine rings is 1. The number of rotatable bonds is 6. The first-order valence-corrected chi connectivity index (χ1v) is 14.4. The molecule has 2 saturated heterocycles. The van der Waals surface area contributed by atoms with Crippen molar-refractivity contribution in [2.45, 2.75) is 84.4 Å². The van der Waals surface area contributed by atoms with Gasteiger partial charge in [0.15, 0.2) is 11.5 Å².